The first-order valence-electron chi connectivity index (χ1n) is 18.6. The second-order valence-corrected chi connectivity index (χ2v) is 16.9. The van der Waals surface area contributed by atoms with E-state index in [9.17, 15) is 0 Å². The summed E-state index contributed by atoms with van der Waals surface area (Å²) in [7, 11) is -4.67. The number of hydrogen-bond donors (Lipinski definition) is 10. The molecule has 8 unspecified atom stereocenters. The standard InChI is InChI=1S/C32H56N8.Co.H2O4S/c1-2-10-18-17(9-1)25-33-26(18)38-28-21-13-5-6-14-22(21)30(35-28)40-32-24-16-8-7-15-23(24)31(36-32)39-29-20-12-4-3-11-19(20)27(34-29)37-25;;1-5(2,3)4/h17-40H,1-16H2;;(H2,1,2,3,4). The van der Waals surface area contributed by atoms with Crippen molar-refractivity contribution in [2.24, 2.45) is 47.3 Å². The van der Waals surface area contributed by atoms with Crippen molar-refractivity contribution < 1.29 is 34.3 Å². The Morgan fingerprint density at radius 2 is 0.435 bits per heavy atom. The van der Waals surface area contributed by atoms with Gasteiger partial charge in [-0.1, -0.05) is 51.4 Å². The van der Waals surface area contributed by atoms with Crippen molar-refractivity contribution in [2.45, 2.75) is 152 Å². The third kappa shape index (κ3) is 6.99. The summed E-state index contributed by atoms with van der Waals surface area (Å²) in [5.74, 6) is 5.97. The fourth-order valence-electron chi connectivity index (χ4n) is 12.0. The van der Waals surface area contributed by atoms with Gasteiger partial charge in [-0.15, -0.1) is 0 Å². The third-order valence-electron chi connectivity index (χ3n) is 13.8. The Labute approximate surface area is 285 Å². The molecule has 9 fully saturated rings. The molecule has 14 heteroatoms. The summed E-state index contributed by atoms with van der Waals surface area (Å²) >= 11 is 0. The first kappa shape index (κ1) is 34.5. The predicted molar refractivity (Wildman–Crippen MR) is 171 cm³/mol. The molecule has 5 saturated heterocycles. The van der Waals surface area contributed by atoms with Crippen molar-refractivity contribution in [3.8, 4) is 0 Å². The van der Waals surface area contributed by atoms with Crippen LogP contribution in [0.3, 0.4) is 0 Å². The van der Waals surface area contributed by atoms with E-state index in [-0.39, 0.29) is 16.8 Å². The van der Waals surface area contributed by atoms with E-state index in [4.69, 9.17) is 17.5 Å². The van der Waals surface area contributed by atoms with Crippen LogP contribution in [0.1, 0.15) is 103 Å². The van der Waals surface area contributed by atoms with E-state index >= 15 is 0 Å². The van der Waals surface area contributed by atoms with E-state index in [1.54, 1.807) is 0 Å². The third-order valence-corrected chi connectivity index (χ3v) is 13.8. The molecule has 0 aromatic rings. The molecule has 10 N–H and O–H groups in total. The van der Waals surface area contributed by atoms with E-state index < -0.39 is 10.4 Å². The fraction of sp³-hybridized carbons (Fsp3) is 1.00. The van der Waals surface area contributed by atoms with Crippen molar-refractivity contribution in [3.05, 3.63) is 0 Å². The Morgan fingerprint density at radius 3 is 0.543 bits per heavy atom. The van der Waals surface area contributed by atoms with Crippen LogP contribution in [0.5, 0.6) is 0 Å². The molecule has 1 radical (unpaired) electrons. The summed E-state index contributed by atoms with van der Waals surface area (Å²) in [5.41, 5.74) is 0. The Kier molecular flexibility index (Phi) is 10.8. The topological polar surface area (TPSA) is 171 Å². The van der Waals surface area contributed by atoms with E-state index in [2.05, 4.69) is 42.5 Å². The molecule has 265 valence electrons. The Morgan fingerprint density at radius 1 is 0.326 bits per heavy atom. The van der Waals surface area contributed by atoms with Gasteiger partial charge in [0.05, 0.1) is 49.3 Å². The largest absolute Gasteiger partial charge is 0.394 e. The van der Waals surface area contributed by atoms with Crippen LogP contribution in [-0.2, 0) is 27.2 Å². The van der Waals surface area contributed by atoms with Crippen LogP contribution in [-0.4, -0.2) is 66.8 Å². The molecule has 46 heavy (non-hydrogen) atoms. The zero-order valence-corrected chi connectivity index (χ0v) is 28.9. The summed E-state index contributed by atoms with van der Waals surface area (Å²) < 4.78 is 31.6. The van der Waals surface area contributed by atoms with Crippen molar-refractivity contribution >= 4 is 10.4 Å². The molecule has 9 rings (SSSR count). The summed E-state index contributed by atoms with van der Waals surface area (Å²) in [5, 5.41) is 33.8. The minimum absolute atomic E-state index is 0. The first-order valence-corrected chi connectivity index (χ1v) is 20.0. The van der Waals surface area contributed by atoms with E-state index in [0.717, 1.165) is 47.3 Å². The van der Waals surface area contributed by atoms with Crippen molar-refractivity contribution in [2.75, 3.05) is 0 Å². The van der Waals surface area contributed by atoms with Crippen LogP contribution in [0.15, 0.2) is 0 Å². The molecule has 5 heterocycles. The molecular formula is C32H58CoN8O4S. The molecule has 9 aliphatic rings. The van der Waals surface area contributed by atoms with E-state index in [0.29, 0.717) is 49.3 Å². The minimum Gasteiger partial charge on any atom is -0.286 e. The Bertz CT molecular complexity index is 941. The van der Waals surface area contributed by atoms with Gasteiger partial charge in [-0.25, -0.2) is 0 Å². The minimum atomic E-state index is -4.67. The quantitative estimate of drug-likeness (QED) is 0.166. The summed E-state index contributed by atoms with van der Waals surface area (Å²) in [4.78, 5) is 0. The maximum Gasteiger partial charge on any atom is 0.394 e. The summed E-state index contributed by atoms with van der Waals surface area (Å²) in [6.45, 7) is 0. The number of nitrogens with one attached hydrogen (secondary N) is 8. The second-order valence-electron chi connectivity index (χ2n) is 16.1. The summed E-state index contributed by atoms with van der Waals surface area (Å²) in [6.07, 6.45) is 25.6. The molecule has 8 atom stereocenters. The van der Waals surface area contributed by atoms with Gasteiger partial charge in [-0.05, 0) is 98.7 Å². The van der Waals surface area contributed by atoms with Gasteiger partial charge >= 0.3 is 10.4 Å². The van der Waals surface area contributed by atoms with Gasteiger partial charge in [-0.3, -0.25) is 51.6 Å². The predicted octanol–water partition coefficient (Wildman–Crippen LogP) is 1.95. The maximum absolute atomic E-state index is 8.74. The molecular weight excluding hydrogens is 651 g/mol. The molecule has 5 aliphatic heterocycles. The number of hydrogen-bond acceptors (Lipinski definition) is 10. The average Bonchev–Trinajstić information content (AvgIpc) is 3.76. The monoisotopic (exact) mass is 709 g/mol. The number of fused-ring (bicyclic) bond motifs is 20. The fourth-order valence-corrected chi connectivity index (χ4v) is 12.0. The van der Waals surface area contributed by atoms with Crippen molar-refractivity contribution in [1.29, 1.82) is 0 Å². The molecule has 4 saturated carbocycles. The smallest absolute Gasteiger partial charge is 0.286 e. The molecule has 12 nitrogen and oxygen atoms in total. The van der Waals surface area contributed by atoms with Gasteiger partial charge in [-0.2, -0.15) is 8.42 Å². The van der Waals surface area contributed by atoms with Gasteiger partial charge in [0.25, 0.3) is 0 Å². The van der Waals surface area contributed by atoms with Crippen LogP contribution in [0.2, 0.25) is 0 Å². The van der Waals surface area contributed by atoms with Crippen molar-refractivity contribution in [1.82, 2.24) is 42.5 Å². The molecule has 0 spiro atoms. The second kappa shape index (κ2) is 14.4. The van der Waals surface area contributed by atoms with Gasteiger partial charge in [0.2, 0.25) is 0 Å². The normalized spacial score (nSPS) is 51.3. The molecule has 8 bridgehead atoms. The molecule has 0 amide bonds. The van der Waals surface area contributed by atoms with Gasteiger partial charge in [0.15, 0.2) is 0 Å². The number of rotatable bonds is 0. The van der Waals surface area contributed by atoms with Gasteiger partial charge in [0.1, 0.15) is 0 Å². The zero-order valence-electron chi connectivity index (χ0n) is 27.0. The van der Waals surface area contributed by atoms with Crippen LogP contribution in [0, 0.1) is 47.3 Å². The van der Waals surface area contributed by atoms with Crippen molar-refractivity contribution in [3.63, 3.8) is 0 Å². The first-order chi connectivity index (χ1) is 21.8. The van der Waals surface area contributed by atoms with Crippen LogP contribution in [0.4, 0.5) is 0 Å². The van der Waals surface area contributed by atoms with E-state index in [1.807, 2.05) is 0 Å². The average molecular weight is 710 g/mol. The molecule has 4 aliphatic carbocycles. The molecule has 0 aromatic heterocycles. The van der Waals surface area contributed by atoms with Crippen LogP contribution in [0.25, 0.3) is 0 Å². The maximum atomic E-state index is 8.74. The van der Waals surface area contributed by atoms with Crippen LogP contribution >= 0.6 is 0 Å². The Hall–Kier alpha value is 0.0565. The van der Waals surface area contributed by atoms with E-state index in [1.165, 1.54) is 103 Å². The van der Waals surface area contributed by atoms with Gasteiger partial charge < -0.3 is 0 Å². The van der Waals surface area contributed by atoms with Crippen LogP contribution < -0.4 is 42.5 Å². The zero-order chi connectivity index (χ0) is 30.7. The van der Waals surface area contributed by atoms with Gasteiger partial charge in [0, 0.05) is 16.8 Å². The SMILES string of the molecule is C1CCC2C3NC(NC4NC(NC5NC(NC6NC(N3)C3CCCCC63)C3CCCCC53)C3CCCCC43)C2C1.O=S(=O)(O)O.[Co]. The summed E-state index contributed by atoms with van der Waals surface area (Å²) in [6, 6.07) is 0. The molecule has 0 aromatic carbocycles. The Balaban J connectivity index is 0.000000526.